The van der Waals surface area contributed by atoms with Crippen molar-refractivity contribution in [2.24, 2.45) is 0 Å². The number of pyridine rings is 1. The second-order valence-corrected chi connectivity index (χ2v) is 5.39. The van der Waals surface area contributed by atoms with Crippen LogP contribution in [-0.2, 0) is 4.79 Å². The molecule has 1 N–H and O–H groups in total. The van der Waals surface area contributed by atoms with Gasteiger partial charge in [-0.25, -0.2) is 4.98 Å². The van der Waals surface area contributed by atoms with Crippen LogP contribution in [0.3, 0.4) is 0 Å². The molecule has 0 bridgehead atoms. The zero-order chi connectivity index (χ0) is 13.1. The molecule has 2 rings (SSSR count). The van der Waals surface area contributed by atoms with Crippen LogP contribution in [0.25, 0.3) is 11.4 Å². The number of hydrogen-bond donors (Lipinski definition) is 1. The minimum Gasteiger partial charge on any atom is -0.481 e. The Kier molecular flexibility index (Phi) is 3.72. The van der Waals surface area contributed by atoms with Gasteiger partial charge < -0.3 is 5.11 Å². The fourth-order valence-corrected chi connectivity index (χ4v) is 2.80. The van der Waals surface area contributed by atoms with Crippen molar-refractivity contribution in [1.29, 1.82) is 0 Å². The highest BCUT2D eigenvalue weighted by atomic mass is 32.1. The van der Waals surface area contributed by atoms with E-state index in [1.807, 2.05) is 32.0 Å². The highest BCUT2D eigenvalue weighted by Crippen LogP contribution is 2.34. The first kappa shape index (κ1) is 12.7. The third-order valence-electron chi connectivity index (χ3n) is 2.60. The first-order valence-corrected chi connectivity index (χ1v) is 6.50. The second kappa shape index (κ2) is 5.27. The lowest BCUT2D eigenvalue weighted by molar-refractivity contribution is -0.137. The summed E-state index contributed by atoms with van der Waals surface area (Å²) in [4.78, 5) is 20.6. The van der Waals surface area contributed by atoms with Gasteiger partial charge >= 0.3 is 5.97 Å². The molecule has 1 unspecified atom stereocenters. The van der Waals surface area contributed by atoms with E-state index in [0.29, 0.717) is 0 Å². The van der Waals surface area contributed by atoms with E-state index in [0.717, 1.165) is 21.3 Å². The monoisotopic (exact) mass is 262 g/mol. The number of aromatic nitrogens is 2. The van der Waals surface area contributed by atoms with Gasteiger partial charge in [0.2, 0.25) is 0 Å². The van der Waals surface area contributed by atoms with Crippen molar-refractivity contribution >= 4 is 17.3 Å². The Balaban J connectivity index is 2.40. The van der Waals surface area contributed by atoms with E-state index < -0.39 is 5.97 Å². The number of aliphatic carboxylic acids is 1. The molecule has 0 aromatic carbocycles. The molecule has 94 valence electrons. The molecule has 0 radical (unpaired) electrons. The molecule has 0 fully saturated rings. The molecular weight excluding hydrogens is 248 g/mol. The highest BCUT2D eigenvalue weighted by molar-refractivity contribution is 7.12. The number of carboxylic acids is 1. The Labute approximate surface area is 109 Å². The lowest BCUT2D eigenvalue weighted by Crippen LogP contribution is -2.02. The van der Waals surface area contributed by atoms with Crippen molar-refractivity contribution in [2.45, 2.75) is 26.2 Å². The van der Waals surface area contributed by atoms with Gasteiger partial charge in [-0.2, -0.15) is 0 Å². The molecule has 2 aromatic rings. The second-order valence-electron chi connectivity index (χ2n) is 4.16. The van der Waals surface area contributed by atoms with Crippen LogP contribution in [0.4, 0.5) is 0 Å². The van der Waals surface area contributed by atoms with Crippen molar-refractivity contribution in [2.75, 3.05) is 0 Å². The number of thiazole rings is 1. The predicted molar refractivity (Wildman–Crippen MR) is 70.7 cm³/mol. The number of hydrogen-bond acceptors (Lipinski definition) is 4. The van der Waals surface area contributed by atoms with E-state index in [9.17, 15) is 4.79 Å². The van der Waals surface area contributed by atoms with Gasteiger partial charge in [0.05, 0.1) is 17.1 Å². The van der Waals surface area contributed by atoms with E-state index in [4.69, 9.17) is 5.11 Å². The van der Waals surface area contributed by atoms with Crippen LogP contribution in [0, 0.1) is 6.92 Å². The summed E-state index contributed by atoms with van der Waals surface area (Å²) in [6.45, 7) is 3.83. The van der Waals surface area contributed by atoms with Crippen LogP contribution in [0.1, 0.15) is 29.1 Å². The van der Waals surface area contributed by atoms with E-state index in [-0.39, 0.29) is 12.3 Å². The largest absolute Gasteiger partial charge is 0.481 e. The first-order valence-electron chi connectivity index (χ1n) is 5.68. The minimum atomic E-state index is -0.791. The van der Waals surface area contributed by atoms with Gasteiger partial charge in [0.1, 0.15) is 5.69 Å². The molecule has 0 aliphatic heterocycles. The summed E-state index contributed by atoms with van der Waals surface area (Å²) in [5.41, 5.74) is 1.61. The SMILES string of the molecule is Cc1nc(-c2ccccn2)c(C(C)CC(=O)O)s1. The summed E-state index contributed by atoms with van der Waals surface area (Å²) in [6, 6.07) is 5.65. The van der Waals surface area contributed by atoms with E-state index >= 15 is 0 Å². The zero-order valence-corrected chi connectivity index (χ0v) is 11.1. The highest BCUT2D eigenvalue weighted by Gasteiger charge is 2.19. The summed E-state index contributed by atoms with van der Waals surface area (Å²) in [7, 11) is 0. The Hall–Kier alpha value is -1.75. The average molecular weight is 262 g/mol. The fourth-order valence-electron chi connectivity index (χ4n) is 1.82. The third kappa shape index (κ3) is 2.73. The Bertz CT molecular complexity index is 551. The molecule has 0 amide bonds. The van der Waals surface area contributed by atoms with Crippen molar-refractivity contribution in [3.05, 3.63) is 34.3 Å². The lowest BCUT2D eigenvalue weighted by atomic mass is 10.0. The standard InChI is InChI=1S/C13H14N2O2S/c1-8(7-11(16)17)13-12(15-9(2)18-13)10-5-3-4-6-14-10/h3-6,8H,7H2,1-2H3,(H,16,17). The van der Waals surface area contributed by atoms with Crippen molar-refractivity contribution < 1.29 is 9.90 Å². The smallest absolute Gasteiger partial charge is 0.303 e. The summed E-state index contributed by atoms with van der Waals surface area (Å²) in [5, 5.41) is 9.82. The molecule has 0 spiro atoms. The molecule has 4 nitrogen and oxygen atoms in total. The fraction of sp³-hybridized carbons (Fsp3) is 0.308. The van der Waals surface area contributed by atoms with E-state index in [2.05, 4.69) is 9.97 Å². The van der Waals surface area contributed by atoms with Crippen LogP contribution in [0.5, 0.6) is 0 Å². The first-order chi connectivity index (χ1) is 8.58. The quantitative estimate of drug-likeness (QED) is 0.919. The Morgan fingerprint density at radius 2 is 2.28 bits per heavy atom. The summed E-state index contributed by atoms with van der Waals surface area (Å²) >= 11 is 1.54. The average Bonchev–Trinajstić information content (AvgIpc) is 2.72. The zero-order valence-electron chi connectivity index (χ0n) is 10.3. The van der Waals surface area contributed by atoms with Crippen LogP contribution < -0.4 is 0 Å². The maximum Gasteiger partial charge on any atom is 0.303 e. The third-order valence-corrected chi connectivity index (χ3v) is 3.80. The molecule has 5 heteroatoms. The van der Waals surface area contributed by atoms with Gasteiger partial charge in [0, 0.05) is 17.0 Å². The van der Waals surface area contributed by atoms with Gasteiger partial charge in [-0.3, -0.25) is 9.78 Å². The van der Waals surface area contributed by atoms with Crippen LogP contribution in [0.2, 0.25) is 0 Å². The summed E-state index contributed by atoms with van der Waals surface area (Å²) in [5.74, 6) is -0.841. The molecule has 1 atom stereocenters. The van der Waals surface area contributed by atoms with Crippen LogP contribution in [-0.4, -0.2) is 21.0 Å². The van der Waals surface area contributed by atoms with Gasteiger partial charge in [0.15, 0.2) is 0 Å². The normalized spacial score (nSPS) is 12.3. The molecule has 0 aliphatic rings. The summed E-state index contributed by atoms with van der Waals surface area (Å²) in [6.07, 6.45) is 1.83. The molecule has 0 saturated heterocycles. The minimum absolute atomic E-state index is 0.0503. The van der Waals surface area contributed by atoms with Crippen molar-refractivity contribution in [3.63, 3.8) is 0 Å². The van der Waals surface area contributed by atoms with Crippen LogP contribution >= 0.6 is 11.3 Å². The maximum absolute atomic E-state index is 10.8. The van der Waals surface area contributed by atoms with E-state index in [1.165, 1.54) is 0 Å². The van der Waals surface area contributed by atoms with Gasteiger partial charge in [0.25, 0.3) is 0 Å². The van der Waals surface area contributed by atoms with Gasteiger partial charge in [-0.15, -0.1) is 11.3 Å². The molecule has 0 aliphatic carbocycles. The molecule has 2 heterocycles. The topological polar surface area (TPSA) is 63.1 Å². The molecular formula is C13H14N2O2S. The number of nitrogens with zero attached hydrogens (tertiary/aromatic N) is 2. The number of carboxylic acid groups (broad SMARTS) is 1. The number of carbonyl (C=O) groups is 1. The molecule has 18 heavy (non-hydrogen) atoms. The van der Waals surface area contributed by atoms with Crippen molar-refractivity contribution in [3.8, 4) is 11.4 Å². The van der Waals surface area contributed by atoms with Crippen molar-refractivity contribution in [1.82, 2.24) is 9.97 Å². The number of aryl methyl sites for hydroxylation is 1. The lowest BCUT2D eigenvalue weighted by Gasteiger charge is -2.08. The maximum atomic E-state index is 10.8. The Morgan fingerprint density at radius 3 is 2.89 bits per heavy atom. The van der Waals surface area contributed by atoms with Crippen LogP contribution in [0.15, 0.2) is 24.4 Å². The predicted octanol–water partition coefficient (Wildman–Crippen LogP) is 3.09. The molecule has 2 aromatic heterocycles. The summed E-state index contributed by atoms with van der Waals surface area (Å²) < 4.78 is 0. The molecule has 0 saturated carbocycles. The van der Waals surface area contributed by atoms with Gasteiger partial charge in [-0.05, 0) is 19.1 Å². The van der Waals surface area contributed by atoms with E-state index in [1.54, 1.807) is 17.5 Å². The van der Waals surface area contributed by atoms with Gasteiger partial charge in [-0.1, -0.05) is 13.0 Å². The number of rotatable bonds is 4. The Morgan fingerprint density at radius 1 is 1.50 bits per heavy atom.